The number of fused-ring (bicyclic) bond motifs is 3. The van der Waals surface area contributed by atoms with Crippen LogP contribution in [-0.4, -0.2) is 47.5 Å². The van der Waals surface area contributed by atoms with Gasteiger partial charge in [-0.2, -0.15) is 0 Å². The number of aromatic nitrogens is 1. The van der Waals surface area contributed by atoms with Crippen LogP contribution in [0.3, 0.4) is 0 Å². The number of nitrogens with zero attached hydrogens (tertiary/aromatic N) is 1. The number of carbonyl (C=O) groups excluding carboxylic acids is 1. The second-order valence-corrected chi connectivity index (χ2v) is 9.59. The molecule has 5 rings (SSSR count). The fourth-order valence-electron chi connectivity index (χ4n) is 4.83. The maximum atomic E-state index is 13.4. The monoisotopic (exact) mass is 537 g/mol. The van der Waals surface area contributed by atoms with Gasteiger partial charge in [0.25, 0.3) is 0 Å². The number of aliphatic hydroxyl groups is 1. The Kier molecular flexibility index (Phi) is 8.12. The zero-order chi connectivity index (χ0) is 26.5. The molecule has 0 fully saturated rings. The number of ether oxygens (including phenoxy) is 2. The Bertz CT molecular complexity index is 1390. The van der Waals surface area contributed by atoms with E-state index in [1.807, 2.05) is 42.5 Å². The number of H-pyrrole nitrogens is 1. The van der Waals surface area contributed by atoms with Crippen molar-refractivity contribution >= 4 is 28.6 Å². The number of benzene rings is 3. The van der Waals surface area contributed by atoms with Crippen LogP contribution in [0, 0.1) is 5.82 Å². The molecule has 3 aromatic carbocycles. The Labute approximate surface area is 225 Å². The number of amides is 1. The summed E-state index contributed by atoms with van der Waals surface area (Å²) in [5.74, 6) is 0.622. The minimum Gasteiger partial charge on any atom is -0.494 e. The Balaban J connectivity index is 1.41. The van der Waals surface area contributed by atoms with Crippen molar-refractivity contribution in [3.05, 3.63) is 94.4 Å². The third-order valence-electron chi connectivity index (χ3n) is 6.67. The number of nitrogens with one attached hydrogen (secondary N) is 2. The van der Waals surface area contributed by atoms with Gasteiger partial charge in [0.2, 0.25) is 0 Å². The van der Waals surface area contributed by atoms with Gasteiger partial charge in [-0.15, -0.1) is 0 Å². The van der Waals surface area contributed by atoms with Crippen LogP contribution >= 0.6 is 11.6 Å². The van der Waals surface area contributed by atoms with E-state index in [1.54, 1.807) is 4.90 Å². The van der Waals surface area contributed by atoms with Crippen LogP contribution in [0.2, 0.25) is 5.02 Å². The Hall–Kier alpha value is -3.59. The van der Waals surface area contributed by atoms with Crippen molar-refractivity contribution in [1.82, 2.24) is 15.2 Å². The van der Waals surface area contributed by atoms with Crippen molar-refractivity contribution in [3.8, 4) is 11.5 Å². The third kappa shape index (κ3) is 5.78. The third-order valence-corrected chi connectivity index (χ3v) is 6.90. The lowest BCUT2D eigenvalue weighted by atomic mass is 9.92. The van der Waals surface area contributed by atoms with Gasteiger partial charge < -0.3 is 19.6 Å². The highest BCUT2D eigenvalue weighted by Gasteiger charge is 2.35. The number of aliphatic hydroxyl groups excluding tert-OH is 1. The second-order valence-electron chi connectivity index (χ2n) is 9.16. The van der Waals surface area contributed by atoms with Gasteiger partial charge in [0, 0.05) is 28.2 Å². The fourth-order valence-corrected chi connectivity index (χ4v) is 5.01. The van der Waals surface area contributed by atoms with Crippen molar-refractivity contribution < 1.29 is 23.8 Å². The standard InChI is InChI=1S/C29H29ClFN3O4/c30-20-5-12-26-25(17-20)24-13-15-34(29(36)38-23-10-6-21(31)7-11-23)28(27(24)33-26)19-3-8-22(9-4-19)37-16-2-1-14-32-18-35/h3-12,17,28,32-33,35H,1-2,13-16,18H2. The van der Waals surface area contributed by atoms with Crippen LogP contribution in [-0.2, 0) is 6.42 Å². The number of hydrogen-bond donors (Lipinski definition) is 3. The summed E-state index contributed by atoms with van der Waals surface area (Å²) in [5, 5.41) is 13.4. The molecular formula is C29H29ClFN3O4. The molecule has 7 nitrogen and oxygen atoms in total. The average Bonchev–Trinajstić information content (AvgIpc) is 3.29. The molecule has 4 aromatic rings. The zero-order valence-corrected chi connectivity index (χ0v) is 21.5. The molecule has 0 bridgehead atoms. The quantitative estimate of drug-likeness (QED) is 0.185. The van der Waals surface area contributed by atoms with Gasteiger partial charge in [0.05, 0.1) is 13.3 Å². The molecule has 9 heteroatoms. The Morgan fingerprint density at radius 2 is 1.84 bits per heavy atom. The van der Waals surface area contributed by atoms with E-state index in [0.29, 0.717) is 24.6 Å². The molecule has 1 aliphatic rings. The Morgan fingerprint density at radius 3 is 2.61 bits per heavy atom. The highest BCUT2D eigenvalue weighted by Crippen LogP contribution is 2.40. The first-order valence-corrected chi connectivity index (χ1v) is 13.0. The molecule has 198 valence electrons. The van der Waals surface area contributed by atoms with Crippen LogP contribution in [0.5, 0.6) is 11.5 Å². The summed E-state index contributed by atoms with van der Waals surface area (Å²) in [5.41, 5.74) is 3.89. The van der Waals surface area contributed by atoms with Gasteiger partial charge >= 0.3 is 6.09 Å². The smallest absolute Gasteiger partial charge is 0.416 e. The molecule has 1 aliphatic heterocycles. The number of halogens is 2. The molecule has 1 unspecified atom stereocenters. The van der Waals surface area contributed by atoms with Crippen LogP contribution in [0.15, 0.2) is 66.7 Å². The van der Waals surface area contributed by atoms with E-state index in [0.717, 1.165) is 52.9 Å². The van der Waals surface area contributed by atoms with Gasteiger partial charge in [0.15, 0.2) is 0 Å². The predicted octanol–water partition coefficient (Wildman–Crippen LogP) is 5.81. The van der Waals surface area contributed by atoms with Crippen molar-refractivity contribution in [1.29, 1.82) is 0 Å². The normalized spacial score (nSPS) is 14.9. The molecule has 2 heterocycles. The lowest BCUT2D eigenvalue weighted by molar-refractivity contribution is 0.135. The molecule has 0 saturated heterocycles. The van der Waals surface area contributed by atoms with Gasteiger partial charge in [0.1, 0.15) is 23.4 Å². The molecule has 1 amide bonds. The van der Waals surface area contributed by atoms with Gasteiger partial charge in [-0.05, 0) is 91.5 Å². The number of rotatable bonds is 9. The van der Waals surface area contributed by atoms with Crippen LogP contribution < -0.4 is 14.8 Å². The molecule has 0 radical (unpaired) electrons. The number of aromatic amines is 1. The minimum absolute atomic E-state index is 0.0247. The molecule has 0 aliphatic carbocycles. The van der Waals surface area contributed by atoms with E-state index in [-0.39, 0.29) is 12.5 Å². The van der Waals surface area contributed by atoms with Crippen molar-refractivity contribution in [2.24, 2.45) is 0 Å². The summed E-state index contributed by atoms with van der Waals surface area (Å²) in [6, 6.07) is 18.4. The highest BCUT2D eigenvalue weighted by molar-refractivity contribution is 6.31. The van der Waals surface area contributed by atoms with Crippen LogP contribution in [0.4, 0.5) is 9.18 Å². The van der Waals surface area contributed by atoms with E-state index in [9.17, 15) is 9.18 Å². The minimum atomic E-state index is -0.513. The van der Waals surface area contributed by atoms with E-state index in [2.05, 4.69) is 10.3 Å². The lowest BCUT2D eigenvalue weighted by Crippen LogP contribution is -2.42. The molecule has 0 spiro atoms. The summed E-state index contributed by atoms with van der Waals surface area (Å²) in [7, 11) is 0. The number of carbonyl (C=O) groups is 1. The van der Waals surface area contributed by atoms with Gasteiger partial charge in [-0.25, -0.2) is 9.18 Å². The van der Waals surface area contributed by atoms with E-state index >= 15 is 0 Å². The summed E-state index contributed by atoms with van der Waals surface area (Å²) >= 11 is 6.29. The topological polar surface area (TPSA) is 86.8 Å². The Morgan fingerprint density at radius 1 is 1.08 bits per heavy atom. The molecule has 3 N–H and O–H groups in total. The molecule has 38 heavy (non-hydrogen) atoms. The van der Waals surface area contributed by atoms with E-state index in [4.69, 9.17) is 26.2 Å². The lowest BCUT2D eigenvalue weighted by Gasteiger charge is -2.35. The molecule has 0 saturated carbocycles. The number of unbranched alkanes of at least 4 members (excludes halogenated alkanes) is 1. The molecular weight excluding hydrogens is 509 g/mol. The van der Waals surface area contributed by atoms with E-state index in [1.165, 1.54) is 24.3 Å². The largest absolute Gasteiger partial charge is 0.494 e. The summed E-state index contributed by atoms with van der Waals surface area (Å²) in [6.45, 7) is 1.72. The first-order valence-electron chi connectivity index (χ1n) is 12.6. The zero-order valence-electron chi connectivity index (χ0n) is 20.8. The molecule has 1 aromatic heterocycles. The fraction of sp³-hybridized carbons (Fsp3) is 0.276. The van der Waals surface area contributed by atoms with Crippen molar-refractivity contribution in [2.45, 2.75) is 25.3 Å². The maximum Gasteiger partial charge on any atom is 0.416 e. The SMILES string of the molecule is O=C(Oc1ccc(F)cc1)N1CCc2c([nH]c3ccc(Cl)cc23)C1c1ccc(OCCCCNCO)cc1. The first kappa shape index (κ1) is 26.0. The van der Waals surface area contributed by atoms with Gasteiger partial charge in [-0.1, -0.05) is 23.7 Å². The highest BCUT2D eigenvalue weighted by atomic mass is 35.5. The first-order chi connectivity index (χ1) is 18.5. The summed E-state index contributed by atoms with van der Waals surface area (Å²) < 4.78 is 24.8. The van der Waals surface area contributed by atoms with Crippen LogP contribution in [0.25, 0.3) is 10.9 Å². The number of hydrogen-bond acceptors (Lipinski definition) is 5. The van der Waals surface area contributed by atoms with Crippen molar-refractivity contribution in [3.63, 3.8) is 0 Å². The van der Waals surface area contributed by atoms with Crippen LogP contribution in [0.1, 0.15) is 35.7 Å². The molecule has 1 atom stereocenters. The predicted molar refractivity (Wildman–Crippen MR) is 144 cm³/mol. The maximum absolute atomic E-state index is 13.4. The van der Waals surface area contributed by atoms with E-state index < -0.39 is 18.0 Å². The van der Waals surface area contributed by atoms with Gasteiger partial charge in [-0.3, -0.25) is 10.2 Å². The summed E-state index contributed by atoms with van der Waals surface area (Å²) in [6.07, 6.45) is 1.89. The average molecular weight is 538 g/mol. The second kappa shape index (κ2) is 11.9. The van der Waals surface area contributed by atoms with Crippen molar-refractivity contribution in [2.75, 3.05) is 26.4 Å². The summed E-state index contributed by atoms with van der Waals surface area (Å²) in [4.78, 5) is 18.6.